The first-order valence-corrected chi connectivity index (χ1v) is 9.10. The van der Waals surface area contributed by atoms with Crippen molar-refractivity contribution in [2.75, 3.05) is 20.2 Å². The molecule has 0 spiro atoms. The minimum Gasteiger partial charge on any atom is -0.486 e. The molecular weight excluding hydrogens is 364 g/mol. The normalized spacial score (nSPS) is 15.6. The van der Waals surface area contributed by atoms with Crippen LogP contribution in [0.2, 0.25) is 5.02 Å². The number of para-hydroxylation sites is 2. The Kier molecular flexibility index (Phi) is 4.62. The summed E-state index contributed by atoms with van der Waals surface area (Å²) in [6, 6.07) is 14.8. The largest absolute Gasteiger partial charge is 0.486 e. The molecule has 4 rings (SSSR count). The van der Waals surface area contributed by atoms with E-state index in [1.807, 2.05) is 49.4 Å². The number of carbonyl (C=O) groups is 1. The zero-order chi connectivity index (χ0) is 19.0. The zero-order valence-electron chi connectivity index (χ0n) is 15.1. The van der Waals surface area contributed by atoms with Gasteiger partial charge < -0.3 is 14.4 Å². The number of benzene rings is 2. The average Bonchev–Trinajstić information content (AvgIpc) is 2.67. The quantitative estimate of drug-likeness (QED) is 0.684. The second-order valence-corrected chi connectivity index (χ2v) is 7.08. The number of hydrogen-bond acceptors (Lipinski definition) is 4. The van der Waals surface area contributed by atoms with Crippen LogP contribution in [0, 0.1) is 6.92 Å². The van der Waals surface area contributed by atoms with Crippen LogP contribution in [-0.2, 0) is 0 Å². The van der Waals surface area contributed by atoms with Gasteiger partial charge in [0.25, 0.3) is 5.91 Å². The number of aryl methyl sites for hydroxylation is 1. The molecule has 1 amide bonds. The standard InChI is InChI=1S/C21H19ClN2O3/c1-13-17(10-14-9-15(22)7-8-18(14)23-13)21(25)24(2)11-16-12-26-19-5-3-4-6-20(19)27-16/h3-10,16H,11-12H2,1-2H3/t16-/m1/s1. The van der Waals surface area contributed by atoms with Crippen LogP contribution < -0.4 is 9.47 Å². The van der Waals surface area contributed by atoms with E-state index in [2.05, 4.69) is 4.98 Å². The van der Waals surface area contributed by atoms with Crippen LogP contribution in [0.1, 0.15) is 16.1 Å². The number of hydrogen-bond donors (Lipinski definition) is 0. The molecular formula is C21H19ClN2O3. The fraction of sp³-hybridized carbons (Fsp3) is 0.238. The van der Waals surface area contributed by atoms with Gasteiger partial charge in [-0.1, -0.05) is 23.7 Å². The van der Waals surface area contributed by atoms with Crippen LogP contribution in [0.3, 0.4) is 0 Å². The summed E-state index contributed by atoms with van der Waals surface area (Å²) in [5.74, 6) is 1.33. The Labute approximate surface area is 162 Å². The van der Waals surface area contributed by atoms with E-state index in [9.17, 15) is 4.79 Å². The summed E-state index contributed by atoms with van der Waals surface area (Å²) >= 11 is 6.07. The Morgan fingerprint density at radius 1 is 1.22 bits per heavy atom. The van der Waals surface area contributed by atoms with Gasteiger partial charge in [0.15, 0.2) is 17.6 Å². The average molecular weight is 383 g/mol. The molecule has 1 aromatic heterocycles. The van der Waals surface area contributed by atoms with Gasteiger partial charge >= 0.3 is 0 Å². The van der Waals surface area contributed by atoms with Crippen molar-refractivity contribution in [1.29, 1.82) is 0 Å². The van der Waals surface area contributed by atoms with Crippen LogP contribution in [0.15, 0.2) is 48.5 Å². The van der Waals surface area contributed by atoms with Gasteiger partial charge in [-0.15, -0.1) is 0 Å². The Bertz CT molecular complexity index is 1020. The fourth-order valence-electron chi connectivity index (χ4n) is 3.21. The van der Waals surface area contributed by atoms with E-state index in [-0.39, 0.29) is 12.0 Å². The molecule has 2 aromatic carbocycles. The minimum absolute atomic E-state index is 0.107. The molecule has 3 aromatic rings. The van der Waals surface area contributed by atoms with Crippen molar-refractivity contribution in [2.45, 2.75) is 13.0 Å². The number of rotatable bonds is 3. The van der Waals surface area contributed by atoms with Gasteiger partial charge in [0.1, 0.15) is 6.61 Å². The first-order chi connectivity index (χ1) is 13.0. The highest BCUT2D eigenvalue weighted by Gasteiger charge is 2.25. The van der Waals surface area contributed by atoms with Crippen molar-refractivity contribution < 1.29 is 14.3 Å². The van der Waals surface area contributed by atoms with Crippen LogP contribution in [0.5, 0.6) is 11.5 Å². The van der Waals surface area contributed by atoms with Crippen molar-refractivity contribution in [2.24, 2.45) is 0 Å². The number of fused-ring (bicyclic) bond motifs is 2. The van der Waals surface area contributed by atoms with Crippen LogP contribution in [0.4, 0.5) is 0 Å². The maximum Gasteiger partial charge on any atom is 0.255 e. The number of carbonyl (C=O) groups excluding carboxylic acids is 1. The molecule has 0 saturated carbocycles. The molecule has 0 saturated heterocycles. The molecule has 0 N–H and O–H groups in total. The molecule has 0 bridgehead atoms. The number of likely N-dealkylation sites (N-methyl/N-ethyl adjacent to an activating group) is 1. The van der Waals surface area contributed by atoms with Crippen molar-refractivity contribution in [3.8, 4) is 11.5 Å². The first kappa shape index (κ1) is 17.6. The zero-order valence-corrected chi connectivity index (χ0v) is 15.9. The lowest BCUT2D eigenvalue weighted by Crippen LogP contribution is -2.42. The van der Waals surface area contributed by atoms with E-state index < -0.39 is 0 Å². The van der Waals surface area contributed by atoms with Gasteiger partial charge in [-0.3, -0.25) is 9.78 Å². The van der Waals surface area contributed by atoms with Crippen molar-refractivity contribution in [3.05, 3.63) is 64.8 Å². The molecule has 0 unspecified atom stereocenters. The van der Waals surface area contributed by atoms with Crippen molar-refractivity contribution >= 4 is 28.4 Å². The predicted octanol–water partition coefficient (Wildman–Crippen LogP) is 4.11. The van der Waals surface area contributed by atoms with E-state index >= 15 is 0 Å². The highest BCUT2D eigenvalue weighted by atomic mass is 35.5. The maximum atomic E-state index is 13.0. The van der Waals surface area contributed by atoms with Crippen LogP contribution >= 0.6 is 11.6 Å². The predicted molar refractivity (Wildman–Crippen MR) is 105 cm³/mol. The second kappa shape index (κ2) is 7.08. The highest BCUT2D eigenvalue weighted by Crippen LogP contribution is 2.31. The SMILES string of the molecule is Cc1nc2ccc(Cl)cc2cc1C(=O)N(C)C[C@@H]1COc2ccccc2O1. The second-order valence-electron chi connectivity index (χ2n) is 6.64. The van der Waals surface area contributed by atoms with E-state index in [0.29, 0.717) is 35.2 Å². The van der Waals surface area contributed by atoms with Gasteiger partial charge in [-0.25, -0.2) is 0 Å². The van der Waals surface area contributed by atoms with Gasteiger partial charge in [0.05, 0.1) is 23.3 Å². The lowest BCUT2D eigenvalue weighted by molar-refractivity contribution is 0.0520. The summed E-state index contributed by atoms with van der Waals surface area (Å²) in [6.07, 6.45) is -0.225. The highest BCUT2D eigenvalue weighted by molar-refractivity contribution is 6.31. The van der Waals surface area contributed by atoms with Crippen molar-refractivity contribution in [3.63, 3.8) is 0 Å². The minimum atomic E-state index is -0.225. The van der Waals surface area contributed by atoms with Gasteiger partial charge in [0.2, 0.25) is 0 Å². The molecule has 1 aliphatic heterocycles. The summed E-state index contributed by atoms with van der Waals surface area (Å²) in [5, 5.41) is 1.46. The summed E-state index contributed by atoms with van der Waals surface area (Å²) in [5.41, 5.74) is 2.06. The van der Waals surface area contributed by atoms with E-state index in [1.54, 1.807) is 18.0 Å². The lowest BCUT2D eigenvalue weighted by Gasteiger charge is -2.29. The molecule has 0 radical (unpaired) electrons. The molecule has 1 atom stereocenters. The third-order valence-electron chi connectivity index (χ3n) is 4.59. The smallest absolute Gasteiger partial charge is 0.255 e. The maximum absolute atomic E-state index is 13.0. The summed E-state index contributed by atoms with van der Waals surface area (Å²) in [7, 11) is 1.76. The molecule has 0 fully saturated rings. The topological polar surface area (TPSA) is 51.7 Å². The fourth-order valence-corrected chi connectivity index (χ4v) is 3.39. The monoisotopic (exact) mass is 382 g/mol. The number of amides is 1. The Balaban J connectivity index is 1.52. The number of nitrogens with zero attached hydrogens (tertiary/aromatic N) is 2. The van der Waals surface area contributed by atoms with Crippen LogP contribution in [-0.4, -0.2) is 42.1 Å². The molecule has 27 heavy (non-hydrogen) atoms. The molecule has 1 aliphatic rings. The number of halogens is 1. The first-order valence-electron chi connectivity index (χ1n) is 8.72. The van der Waals surface area contributed by atoms with Gasteiger partial charge in [-0.05, 0) is 43.3 Å². The lowest BCUT2D eigenvalue weighted by atomic mass is 10.1. The summed E-state index contributed by atoms with van der Waals surface area (Å²) in [6.45, 7) is 2.66. The Morgan fingerprint density at radius 2 is 2.00 bits per heavy atom. The summed E-state index contributed by atoms with van der Waals surface area (Å²) < 4.78 is 11.7. The van der Waals surface area contributed by atoms with Gasteiger partial charge in [-0.2, -0.15) is 0 Å². The van der Waals surface area contributed by atoms with Crippen molar-refractivity contribution in [1.82, 2.24) is 9.88 Å². The molecule has 2 heterocycles. The molecule has 138 valence electrons. The number of ether oxygens (including phenoxy) is 2. The number of aromatic nitrogens is 1. The molecule has 5 nitrogen and oxygen atoms in total. The Hall–Kier alpha value is -2.79. The molecule has 0 aliphatic carbocycles. The third-order valence-corrected chi connectivity index (χ3v) is 4.82. The van der Waals surface area contributed by atoms with Gasteiger partial charge in [0, 0.05) is 17.5 Å². The van der Waals surface area contributed by atoms with E-state index in [0.717, 1.165) is 16.7 Å². The van der Waals surface area contributed by atoms with E-state index in [4.69, 9.17) is 21.1 Å². The number of pyridine rings is 1. The molecule has 6 heteroatoms. The van der Waals surface area contributed by atoms with Crippen LogP contribution in [0.25, 0.3) is 10.9 Å². The Morgan fingerprint density at radius 3 is 2.81 bits per heavy atom. The van der Waals surface area contributed by atoms with E-state index in [1.165, 1.54) is 0 Å². The summed E-state index contributed by atoms with van der Waals surface area (Å²) in [4.78, 5) is 19.1. The third kappa shape index (κ3) is 3.55.